The molecule has 4 nitrogen and oxygen atoms in total. The van der Waals surface area contributed by atoms with Gasteiger partial charge in [0.15, 0.2) is 0 Å². The molecule has 14 heavy (non-hydrogen) atoms. The topological polar surface area (TPSA) is 42.7 Å². The first-order valence-electron chi connectivity index (χ1n) is 5.28. The minimum absolute atomic E-state index is 0.325. The molecule has 1 saturated carbocycles. The van der Waals surface area contributed by atoms with Crippen LogP contribution in [0.1, 0.15) is 38.4 Å². The Morgan fingerprint density at radius 2 is 2.21 bits per heavy atom. The normalized spacial score (nSPS) is 20.1. The summed E-state index contributed by atoms with van der Waals surface area (Å²) < 4.78 is 1.82. The Balaban J connectivity index is 1.91. The largest absolute Gasteiger partial charge is 0.305 e. The Kier molecular flexibility index (Phi) is 2.54. The predicted octanol–water partition coefficient (Wildman–Crippen LogP) is 1.24. The molecular formula is C10H18N4. The van der Waals surface area contributed by atoms with E-state index in [-0.39, 0.29) is 0 Å². The van der Waals surface area contributed by atoms with E-state index in [0.29, 0.717) is 5.54 Å². The van der Waals surface area contributed by atoms with Crippen molar-refractivity contribution < 1.29 is 0 Å². The fourth-order valence-corrected chi connectivity index (χ4v) is 2.10. The molecule has 0 bridgehead atoms. The number of hydrogen-bond donors (Lipinski definition) is 1. The molecule has 1 aromatic heterocycles. The van der Waals surface area contributed by atoms with Crippen molar-refractivity contribution in [1.82, 2.24) is 20.1 Å². The molecule has 0 aromatic carbocycles. The highest BCUT2D eigenvalue weighted by Crippen LogP contribution is 2.28. The molecule has 0 saturated heterocycles. The molecule has 1 heterocycles. The maximum absolute atomic E-state index is 4.20. The van der Waals surface area contributed by atoms with E-state index >= 15 is 0 Å². The molecule has 1 aromatic rings. The van der Waals surface area contributed by atoms with Gasteiger partial charge in [0.25, 0.3) is 0 Å². The second-order valence-electron chi connectivity index (χ2n) is 4.42. The average molecular weight is 194 g/mol. The summed E-state index contributed by atoms with van der Waals surface area (Å²) in [6.45, 7) is 3.13. The third-order valence-corrected chi connectivity index (χ3v) is 3.19. The van der Waals surface area contributed by atoms with E-state index in [9.17, 15) is 0 Å². The molecule has 78 valence electrons. The molecule has 1 fully saturated rings. The van der Waals surface area contributed by atoms with E-state index in [4.69, 9.17) is 0 Å². The molecule has 0 aliphatic heterocycles. The third-order valence-electron chi connectivity index (χ3n) is 3.19. The third kappa shape index (κ3) is 1.95. The van der Waals surface area contributed by atoms with E-state index in [1.807, 2.05) is 11.7 Å². The van der Waals surface area contributed by atoms with Crippen LogP contribution in [0, 0.1) is 0 Å². The standard InChI is InChI=1S/C10H18N4/c1-10(5-3-4-6-10)12-7-9-11-8-13-14(9)2/h8,12H,3-7H2,1-2H3. The van der Waals surface area contributed by atoms with E-state index in [1.54, 1.807) is 6.33 Å². The summed E-state index contributed by atoms with van der Waals surface area (Å²) in [6, 6.07) is 0. The van der Waals surface area contributed by atoms with E-state index in [2.05, 4.69) is 22.3 Å². The molecule has 0 unspecified atom stereocenters. The lowest BCUT2D eigenvalue weighted by Crippen LogP contribution is -2.39. The van der Waals surface area contributed by atoms with Gasteiger partial charge in [-0.1, -0.05) is 12.8 Å². The quantitative estimate of drug-likeness (QED) is 0.787. The van der Waals surface area contributed by atoms with Gasteiger partial charge in [0.05, 0.1) is 6.54 Å². The fourth-order valence-electron chi connectivity index (χ4n) is 2.10. The summed E-state index contributed by atoms with van der Waals surface area (Å²) in [5, 5.41) is 7.63. The van der Waals surface area contributed by atoms with Crippen LogP contribution in [0.25, 0.3) is 0 Å². The first-order chi connectivity index (χ1) is 6.70. The molecule has 0 atom stereocenters. The summed E-state index contributed by atoms with van der Waals surface area (Å²) in [5.41, 5.74) is 0.325. The highest BCUT2D eigenvalue weighted by Gasteiger charge is 2.27. The minimum Gasteiger partial charge on any atom is -0.305 e. The second kappa shape index (κ2) is 3.69. The van der Waals surface area contributed by atoms with Crippen LogP contribution >= 0.6 is 0 Å². The number of aryl methyl sites for hydroxylation is 1. The molecule has 2 rings (SSSR count). The second-order valence-corrected chi connectivity index (χ2v) is 4.42. The van der Waals surface area contributed by atoms with Crippen LogP contribution in [0.2, 0.25) is 0 Å². The average Bonchev–Trinajstić information content (AvgIpc) is 2.73. The summed E-state index contributed by atoms with van der Waals surface area (Å²) >= 11 is 0. The SMILES string of the molecule is Cn1ncnc1CNC1(C)CCCC1. The van der Waals surface area contributed by atoms with Crippen molar-refractivity contribution >= 4 is 0 Å². The number of hydrogen-bond acceptors (Lipinski definition) is 3. The van der Waals surface area contributed by atoms with Crippen LogP contribution < -0.4 is 5.32 Å². The van der Waals surface area contributed by atoms with Gasteiger partial charge in [0.2, 0.25) is 0 Å². The highest BCUT2D eigenvalue weighted by molar-refractivity contribution is 4.91. The lowest BCUT2D eigenvalue weighted by molar-refractivity contribution is 0.355. The van der Waals surface area contributed by atoms with Gasteiger partial charge in [-0.15, -0.1) is 0 Å². The molecule has 1 aliphatic carbocycles. The Hall–Kier alpha value is -0.900. The smallest absolute Gasteiger partial charge is 0.140 e. The monoisotopic (exact) mass is 194 g/mol. The van der Waals surface area contributed by atoms with Crippen LogP contribution in [-0.2, 0) is 13.6 Å². The van der Waals surface area contributed by atoms with Crippen molar-refractivity contribution in [3.8, 4) is 0 Å². The summed E-state index contributed by atoms with van der Waals surface area (Å²) in [6.07, 6.45) is 6.87. The number of nitrogens with zero attached hydrogens (tertiary/aromatic N) is 3. The molecule has 1 aliphatic rings. The molecule has 0 spiro atoms. The maximum atomic E-state index is 4.20. The Labute approximate surface area is 84.7 Å². The van der Waals surface area contributed by atoms with E-state index in [1.165, 1.54) is 25.7 Å². The lowest BCUT2D eigenvalue weighted by Gasteiger charge is -2.24. The van der Waals surface area contributed by atoms with Crippen molar-refractivity contribution in [2.75, 3.05) is 0 Å². The van der Waals surface area contributed by atoms with Crippen LogP contribution in [0.15, 0.2) is 6.33 Å². The Morgan fingerprint density at radius 3 is 2.79 bits per heavy atom. The van der Waals surface area contributed by atoms with Crippen molar-refractivity contribution in [3.05, 3.63) is 12.2 Å². The first kappa shape index (κ1) is 9.65. The van der Waals surface area contributed by atoms with Gasteiger partial charge in [0, 0.05) is 12.6 Å². The van der Waals surface area contributed by atoms with Gasteiger partial charge in [0.1, 0.15) is 12.2 Å². The first-order valence-corrected chi connectivity index (χ1v) is 5.28. The zero-order chi connectivity index (χ0) is 10.0. The summed E-state index contributed by atoms with van der Waals surface area (Å²) in [5.74, 6) is 1.01. The molecular weight excluding hydrogens is 176 g/mol. The highest BCUT2D eigenvalue weighted by atomic mass is 15.3. The Bertz CT molecular complexity index is 299. The summed E-state index contributed by atoms with van der Waals surface area (Å²) in [7, 11) is 1.93. The van der Waals surface area contributed by atoms with E-state index < -0.39 is 0 Å². The van der Waals surface area contributed by atoms with Gasteiger partial charge in [-0.3, -0.25) is 4.68 Å². The van der Waals surface area contributed by atoms with Crippen LogP contribution in [0.4, 0.5) is 0 Å². The van der Waals surface area contributed by atoms with Crippen LogP contribution in [-0.4, -0.2) is 20.3 Å². The van der Waals surface area contributed by atoms with Crippen LogP contribution in [0.3, 0.4) is 0 Å². The molecule has 0 radical (unpaired) electrons. The van der Waals surface area contributed by atoms with Crippen LogP contribution in [0.5, 0.6) is 0 Å². The van der Waals surface area contributed by atoms with Gasteiger partial charge >= 0.3 is 0 Å². The maximum Gasteiger partial charge on any atom is 0.140 e. The summed E-state index contributed by atoms with van der Waals surface area (Å²) in [4.78, 5) is 4.20. The number of rotatable bonds is 3. The lowest BCUT2D eigenvalue weighted by atomic mass is 10.0. The molecule has 4 heteroatoms. The fraction of sp³-hybridized carbons (Fsp3) is 0.800. The number of aromatic nitrogens is 3. The Morgan fingerprint density at radius 1 is 1.50 bits per heavy atom. The van der Waals surface area contributed by atoms with Crippen molar-refractivity contribution in [1.29, 1.82) is 0 Å². The van der Waals surface area contributed by atoms with Gasteiger partial charge in [-0.25, -0.2) is 4.98 Å². The number of nitrogens with one attached hydrogen (secondary N) is 1. The van der Waals surface area contributed by atoms with Crippen molar-refractivity contribution in [3.63, 3.8) is 0 Å². The van der Waals surface area contributed by atoms with Gasteiger partial charge in [-0.2, -0.15) is 5.10 Å². The zero-order valence-corrected chi connectivity index (χ0v) is 8.95. The zero-order valence-electron chi connectivity index (χ0n) is 8.95. The molecule has 1 N–H and O–H groups in total. The minimum atomic E-state index is 0.325. The van der Waals surface area contributed by atoms with Crippen molar-refractivity contribution in [2.45, 2.75) is 44.7 Å². The van der Waals surface area contributed by atoms with Crippen molar-refractivity contribution in [2.24, 2.45) is 7.05 Å². The molecule has 0 amide bonds. The van der Waals surface area contributed by atoms with Gasteiger partial charge in [-0.05, 0) is 19.8 Å². The predicted molar refractivity (Wildman–Crippen MR) is 54.7 cm³/mol. The van der Waals surface area contributed by atoms with E-state index in [0.717, 1.165) is 12.4 Å². The van der Waals surface area contributed by atoms with Gasteiger partial charge < -0.3 is 5.32 Å².